The molecule has 2 N–H and O–H groups in total. The third-order valence-corrected chi connectivity index (χ3v) is 3.42. The molecular formula is C12H16N4. The molecule has 84 valence electrons. The summed E-state index contributed by atoms with van der Waals surface area (Å²) in [4.78, 5) is 4.65. The molecule has 0 saturated heterocycles. The van der Waals surface area contributed by atoms with Crippen molar-refractivity contribution in [2.45, 2.75) is 32.1 Å². The molecule has 16 heavy (non-hydrogen) atoms. The third-order valence-electron chi connectivity index (χ3n) is 3.42. The molecule has 0 aliphatic heterocycles. The summed E-state index contributed by atoms with van der Waals surface area (Å²) >= 11 is 0. The Bertz CT molecular complexity index is 513. The monoisotopic (exact) mass is 216 g/mol. The van der Waals surface area contributed by atoms with Gasteiger partial charge in [-0.2, -0.15) is 9.61 Å². The Morgan fingerprint density at radius 2 is 2.38 bits per heavy atom. The average Bonchev–Trinajstić information content (AvgIpc) is 2.96. The fourth-order valence-corrected chi connectivity index (χ4v) is 2.43. The standard InChI is InChI=1S/C12H16N4/c1-2-9(8-3-4-8)10-7-11(13)16-12(15-10)5-6-14-16/h5-9H,2-4,13H2,1H3/t9-/m0/s1. The maximum atomic E-state index is 5.97. The lowest BCUT2D eigenvalue weighted by Crippen LogP contribution is -2.07. The van der Waals surface area contributed by atoms with Gasteiger partial charge in [-0.1, -0.05) is 6.92 Å². The van der Waals surface area contributed by atoms with Gasteiger partial charge in [0.25, 0.3) is 0 Å². The van der Waals surface area contributed by atoms with Gasteiger partial charge in [0.2, 0.25) is 0 Å². The van der Waals surface area contributed by atoms with E-state index >= 15 is 0 Å². The Morgan fingerprint density at radius 1 is 1.56 bits per heavy atom. The molecule has 2 aromatic heterocycles. The topological polar surface area (TPSA) is 56.2 Å². The summed E-state index contributed by atoms with van der Waals surface area (Å²) in [7, 11) is 0. The van der Waals surface area contributed by atoms with Crippen LogP contribution in [0.1, 0.15) is 37.8 Å². The smallest absolute Gasteiger partial charge is 0.157 e. The van der Waals surface area contributed by atoms with E-state index in [9.17, 15) is 0 Å². The normalized spacial score (nSPS) is 17.8. The fraction of sp³-hybridized carbons (Fsp3) is 0.500. The van der Waals surface area contributed by atoms with E-state index in [4.69, 9.17) is 5.73 Å². The van der Waals surface area contributed by atoms with Crippen LogP contribution in [0.5, 0.6) is 0 Å². The first-order chi connectivity index (χ1) is 7.79. The Labute approximate surface area is 94.5 Å². The van der Waals surface area contributed by atoms with E-state index in [2.05, 4.69) is 17.0 Å². The van der Waals surface area contributed by atoms with Crippen molar-refractivity contribution in [2.24, 2.45) is 5.92 Å². The molecule has 0 amide bonds. The van der Waals surface area contributed by atoms with Crippen LogP contribution < -0.4 is 5.73 Å². The molecule has 0 unspecified atom stereocenters. The van der Waals surface area contributed by atoms with Gasteiger partial charge in [-0.3, -0.25) is 0 Å². The zero-order valence-electron chi connectivity index (χ0n) is 9.43. The highest BCUT2D eigenvalue weighted by Gasteiger charge is 2.32. The Hall–Kier alpha value is -1.58. The van der Waals surface area contributed by atoms with E-state index < -0.39 is 0 Å². The second-order valence-corrected chi connectivity index (χ2v) is 4.56. The molecule has 4 heteroatoms. The van der Waals surface area contributed by atoms with Gasteiger partial charge in [0.15, 0.2) is 5.65 Å². The van der Waals surface area contributed by atoms with Crippen molar-refractivity contribution in [3.05, 3.63) is 24.0 Å². The summed E-state index contributed by atoms with van der Waals surface area (Å²) in [6, 6.07) is 3.88. The largest absolute Gasteiger partial charge is 0.384 e. The van der Waals surface area contributed by atoms with Crippen LogP contribution in [-0.4, -0.2) is 14.6 Å². The first-order valence-electron chi connectivity index (χ1n) is 5.89. The molecule has 0 aromatic carbocycles. The lowest BCUT2D eigenvalue weighted by Gasteiger charge is -2.14. The summed E-state index contributed by atoms with van der Waals surface area (Å²) in [6.07, 6.45) is 5.55. The van der Waals surface area contributed by atoms with E-state index in [1.807, 2.05) is 12.1 Å². The average molecular weight is 216 g/mol. The Morgan fingerprint density at radius 3 is 3.06 bits per heavy atom. The van der Waals surface area contributed by atoms with Gasteiger partial charge < -0.3 is 5.73 Å². The SMILES string of the molecule is CC[C@H](c1cc(N)n2nccc2n1)C1CC1. The number of aromatic nitrogens is 3. The van der Waals surface area contributed by atoms with Gasteiger partial charge in [-0.05, 0) is 25.2 Å². The number of nitrogens with zero attached hydrogens (tertiary/aromatic N) is 3. The Balaban J connectivity index is 2.08. The number of fused-ring (bicyclic) bond motifs is 1. The van der Waals surface area contributed by atoms with Gasteiger partial charge in [-0.25, -0.2) is 4.98 Å². The first-order valence-corrected chi connectivity index (χ1v) is 5.89. The zero-order valence-corrected chi connectivity index (χ0v) is 9.43. The summed E-state index contributed by atoms with van der Waals surface area (Å²) in [6.45, 7) is 2.22. The van der Waals surface area contributed by atoms with Crippen molar-refractivity contribution < 1.29 is 0 Å². The van der Waals surface area contributed by atoms with Crippen molar-refractivity contribution in [3.63, 3.8) is 0 Å². The fourth-order valence-electron chi connectivity index (χ4n) is 2.43. The molecule has 0 radical (unpaired) electrons. The number of rotatable bonds is 3. The minimum atomic E-state index is 0.571. The van der Waals surface area contributed by atoms with E-state index in [1.165, 1.54) is 12.8 Å². The molecule has 1 atom stereocenters. The molecule has 1 aliphatic rings. The van der Waals surface area contributed by atoms with Crippen LogP contribution in [0, 0.1) is 5.92 Å². The van der Waals surface area contributed by atoms with Crippen molar-refractivity contribution >= 4 is 11.5 Å². The molecule has 1 aliphatic carbocycles. The molecule has 0 bridgehead atoms. The van der Waals surface area contributed by atoms with Crippen LogP contribution in [0.3, 0.4) is 0 Å². The molecule has 0 spiro atoms. The molecule has 4 nitrogen and oxygen atoms in total. The van der Waals surface area contributed by atoms with Crippen LogP contribution >= 0.6 is 0 Å². The van der Waals surface area contributed by atoms with Gasteiger partial charge in [0.1, 0.15) is 5.82 Å². The summed E-state index contributed by atoms with van der Waals surface area (Å²) in [5.41, 5.74) is 7.97. The predicted molar refractivity (Wildman–Crippen MR) is 63.2 cm³/mol. The second-order valence-electron chi connectivity index (χ2n) is 4.56. The molecule has 1 fully saturated rings. The van der Waals surface area contributed by atoms with Crippen LogP contribution in [0.15, 0.2) is 18.3 Å². The van der Waals surface area contributed by atoms with Gasteiger partial charge in [0, 0.05) is 23.7 Å². The highest BCUT2D eigenvalue weighted by Crippen LogP contribution is 2.44. The van der Waals surface area contributed by atoms with E-state index in [0.29, 0.717) is 11.7 Å². The third kappa shape index (κ3) is 1.45. The van der Waals surface area contributed by atoms with Gasteiger partial charge in [0.05, 0.1) is 6.20 Å². The van der Waals surface area contributed by atoms with Crippen LogP contribution in [-0.2, 0) is 0 Å². The number of nitrogen functional groups attached to an aromatic ring is 1. The van der Waals surface area contributed by atoms with Crippen LogP contribution in [0.4, 0.5) is 5.82 Å². The number of nitrogens with two attached hydrogens (primary N) is 1. The molecule has 2 heterocycles. The number of hydrogen-bond donors (Lipinski definition) is 1. The number of hydrogen-bond acceptors (Lipinski definition) is 3. The van der Waals surface area contributed by atoms with E-state index in [1.54, 1.807) is 10.7 Å². The predicted octanol–water partition coefficient (Wildman–Crippen LogP) is 2.22. The minimum Gasteiger partial charge on any atom is -0.384 e. The van der Waals surface area contributed by atoms with Crippen molar-refractivity contribution in [1.29, 1.82) is 0 Å². The molecule has 2 aromatic rings. The van der Waals surface area contributed by atoms with Crippen LogP contribution in [0.25, 0.3) is 5.65 Å². The Kier molecular flexibility index (Phi) is 2.09. The van der Waals surface area contributed by atoms with Crippen molar-refractivity contribution in [3.8, 4) is 0 Å². The molecular weight excluding hydrogens is 200 g/mol. The second kappa shape index (κ2) is 3.47. The first kappa shape index (κ1) is 9.63. The minimum absolute atomic E-state index is 0.571. The maximum Gasteiger partial charge on any atom is 0.157 e. The summed E-state index contributed by atoms with van der Waals surface area (Å²) < 4.78 is 1.68. The summed E-state index contributed by atoms with van der Waals surface area (Å²) in [5, 5.41) is 4.13. The van der Waals surface area contributed by atoms with Crippen molar-refractivity contribution in [1.82, 2.24) is 14.6 Å². The molecule has 1 saturated carbocycles. The van der Waals surface area contributed by atoms with E-state index in [-0.39, 0.29) is 0 Å². The van der Waals surface area contributed by atoms with Gasteiger partial charge in [-0.15, -0.1) is 0 Å². The lowest BCUT2D eigenvalue weighted by atomic mass is 9.96. The van der Waals surface area contributed by atoms with E-state index in [0.717, 1.165) is 23.7 Å². The lowest BCUT2D eigenvalue weighted by molar-refractivity contribution is 0.571. The quantitative estimate of drug-likeness (QED) is 0.855. The highest BCUT2D eigenvalue weighted by atomic mass is 15.3. The van der Waals surface area contributed by atoms with Crippen molar-refractivity contribution in [2.75, 3.05) is 5.73 Å². The number of anilines is 1. The zero-order chi connectivity index (χ0) is 11.1. The maximum absolute atomic E-state index is 5.97. The molecule has 3 rings (SSSR count). The van der Waals surface area contributed by atoms with Gasteiger partial charge >= 0.3 is 0 Å². The van der Waals surface area contributed by atoms with Crippen LogP contribution in [0.2, 0.25) is 0 Å². The highest BCUT2D eigenvalue weighted by molar-refractivity contribution is 5.47. The summed E-state index contributed by atoms with van der Waals surface area (Å²) in [5.74, 6) is 2.08.